The molecule has 4 rings (SSSR count). The van der Waals surface area contributed by atoms with E-state index < -0.39 is 0 Å². The van der Waals surface area contributed by atoms with Crippen LogP contribution in [-0.2, 0) is 0 Å². The molecule has 0 aliphatic carbocycles. The Morgan fingerprint density at radius 3 is 2.26 bits per heavy atom. The third-order valence-electron chi connectivity index (χ3n) is 3.59. The monoisotopic (exact) mass is 560 g/mol. The smallest absolute Gasteiger partial charge is 0.266 e. The van der Waals surface area contributed by atoms with Crippen molar-refractivity contribution in [2.45, 2.75) is 0 Å². The van der Waals surface area contributed by atoms with Crippen molar-refractivity contribution >= 4 is 80.4 Å². The van der Waals surface area contributed by atoms with Crippen LogP contribution in [0.2, 0.25) is 0 Å². The van der Waals surface area contributed by atoms with Gasteiger partial charge in [0.05, 0.1) is 22.2 Å². The molecule has 114 valence electrons. The number of aromatic nitrogens is 2. The molecule has 0 saturated heterocycles. The van der Waals surface area contributed by atoms with Crippen LogP contribution in [0.5, 0.6) is 0 Å². The van der Waals surface area contributed by atoms with Crippen molar-refractivity contribution < 1.29 is 4.79 Å². The van der Waals surface area contributed by atoms with Crippen molar-refractivity contribution in [1.82, 2.24) is 9.55 Å². The summed E-state index contributed by atoms with van der Waals surface area (Å²) in [4.78, 5) is 30.1. The van der Waals surface area contributed by atoms with E-state index in [2.05, 4.69) is 68.7 Å². The Morgan fingerprint density at radius 1 is 0.870 bits per heavy atom. The second-order valence-electron chi connectivity index (χ2n) is 4.97. The number of ketones is 1. The summed E-state index contributed by atoms with van der Waals surface area (Å²) < 4.78 is 4.20. The van der Waals surface area contributed by atoms with E-state index in [4.69, 9.17) is 0 Å². The fourth-order valence-electron chi connectivity index (χ4n) is 2.66. The zero-order valence-corrected chi connectivity index (χ0v) is 17.4. The van der Waals surface area contributed by atoms with E-state index in [0.717, 1.165) is 8.95 Å². The summed E-state index contributed by atoms with van der Waals surface area (Å²) >= 11 is 13.6. The third-order valence-corrected chi connectivity index (χ3v) is 5.72. The molecule has 1 aromatic heterocycles. The SMILES string of the molecule is O=C1c2cc(Br)cc(Br)c2-n2c1nc1c(Br)cc(Br)cc1c2=O. The number of hydrogen-bond acceptors (Lipinski definition) is 3. The van der Waals surface area contributed by atoms with Crippen LogP contribution in [-0.4, -0.2) is 15.3 Å². The first kappa shape index (κ1) is 15.7. The van der Waals surface area contributed by atoms with Crippen LogP contribution in [0.15, 0.2) is 47.0 Å². The first-order chi connectivity index (χ1) is 10.9. The molecule has 0 unspecified atom stereocenters. The topological polar surface area (TPSA) is 52.0 Å². The zero-order valence-electron chi connectivity index (χ0n) is 11.0. The number of carbonyl (C=O) groups is 1. The summed E-state index contributed by atoms with van der Waals surface area (Å²) in [5, 5.41) is 0.436. The van der Waals surface area contributed by atoms with E-state index in [9.17, 15) is 9.59 Å². The van der Waals surface area contributed by atoms with Crippen molar-refractivity contribution in [3.63, 3.8) is 0 Å². The normalized spacial score (nSPS) is 12.6. The van der Waals surface area contributed by atoms with Crippen molar-refractivity contribution in [1.29, 1.82) is 0 Å². The Kier molecular flexibility index (Phi) is 3.64. The molecule has 2 aromatic carbocycles. The summed E-state index contributed by atoms with van der Waals surface area (Å²) in [5.41, 5.74) is 1.17. The Hall–Kier alpha value is -0.830. The zero-order chi connectivity index (χ0) is 16.5. The second kappa shape index (κ2) is 5.34. The molecule has 0 radical (unpaired) electrons. The van der Waals surface area contributed by atoms with Gasteiger partial charge in [-0.25, -0.2) is 4.98 Å². The van der Waals surface area contributed by atoms with E-state index in [1.54, 1.807) is 24.3 Å². The van der Waals surface area contributed by atoms with Crippen LogP contribution in [0.4, 0.5) is 0 Å². The lowest BCUT2D eigenvalue weighted by atomic mass is 10.1. The van der Waals surface area contributed by atoms with Gasteiger partial charge in [-0.15, -0.1) is 0 Å². The number of hydrogen-bond donors (Lipinski definition) is 0. The van der Waals surface area contributed by atoms with Gasteiger partial charge in [-0.05, 0) is 56.1 Å². The molecule has 0 bridgehead atoms. The minimum atomic E-state index is -0.276. The number of rotatable bonds is 0. The molecule has 0 fully saturated rings. The molecular formula is C15H4Br4N2O2. The third kappa shape index (κ3) is 2.22. The van der Waals surface area contributed by atoms with Gasteiger partial charge in [0.25, 0.3) is 5.56 Å². The summed E-state index contributed by atoms with van der Waals surface area (Å²) in [6, 6.07) is 7.00. The lowest BCUT2D eigenvalue weighted by Gasteiger charge is -2.08. The average Bonchev–Trinajstić information content (AvgIpc) is 2.74. The Morgan fingerprint density at radius 2 is 1.52 bits per heavy atom. The van der Waals surface area contributed by atoms with Crippen LogP contribution in [0.3, 0.4) is 0 Å². The van der Waals surface area contributed by atoms with Crippen molar-refractivity contribution in [2.75, 3.05) is 0 Å². The second-order valence-corrected chi connectivity index (χ2v) is 8.51. The molecule has 2 heterocycles. The minimum absolute atomic E-state index is 0.124. The average molecular weight is 564 g/mol. The van der Waals surface area contributed by atoms with E-state index in [-0.39, 0.29) is 17.2 Å². The summed E-state index contributed by atoms with van der Waals surface area (Å²) in [5.74, 6) is -0.143. The van der Waals surface area contributed by atoms with E-state index in [1.165, 1.54) is 4.57 Å². The van der Waals surface area contributed by atoms with Gasteiger partial charge in [0.1, 0.15) is 0 Å². The molecule has 0 N–H and O–H groups in total. The molecule has 23 heavy (non-hydrogen) atoms. The largest absolute Gasteiger partial charge is 0.285 e. The highest BCUT2D eigenvalue weighted by Crippen LogP contribution is 2.36. The first-order valence-electron chi connectivity index (χ1n) is 6.34. The summed E-state index contributed by atoms with van der Waals surface area (Å²) in [6.45, 7) is 0. The number of nitrogens with zero attached hydrogens (tertiary/aromatic N) is 2. The molecule has 3 aromatic rings. The van der Waals surface area contributed by atoms with Gasteiger partial charge >= 0.3 is 0 Å². The van der Waals surface area contributed by atoms with Crippen LogP contribution < -0.4 is 5.56 Å². The van der Waals surface area contributed by atoms with Gasteiger partial charge in [0.2, 0.25) is 5.78 Å². The van der Waals surface area contributed by atoms with Crippen LogP contribution in [0, 0.1) is 0 Å². The quantitative estimate of drug-likeness (QED) is 0.303. The minimum Gasteiger partial charge on any atom is -0.285 e. The lowest BCUT2D eigenvalue weighted by molar-refractivity contribution is 0.103. The van der Waals surface area contributed by atoms with E-state index in [1.807, 2.05) is 0 Å². The maximum atomic E-state index is 13.0. The Labute approximate surface area is 163 Å². The molecule has 8 heteroatoms. The van der Waals surface area contributed by atoms with Crippen molar-refractivity contribution in [3.05, 3.63) is 63.9 Å². The van der Waals surface area contributed by atoms with Gasteiger partial charge in [-0.2, -0.15) is 0 Å². The maximum absolute atomic E-state index is 13.0. The molecule has 0 saturated carbocycles. The number of halogens is 4. The summed E-state index contributed by atoms with van der Waals surface area (Å²) in [7, 11) is 0. The molecule has 1 aliphatic heterocycles. The highest BCUT2D eigenvalue weighted by atomic mass is 79.9. The van der Waals surface area contributed by atoms with Crippen molar-refractivity contribution in [2.24, 2.45) is 0 Å². The predicted molar refractivity (Wildman–Crippen MR) is 102 cm³/mol. The van der Waals surface area contributed by atoms with Crippen LogP contribution in [0.25, 0.3) is 16.6 Å². The van der Waals surface area contributed by atoms with E-state index in [0.29, 0.717) is 31.1 Å². The van der Waals surface area contributed by atoms with Gasteiger partial charge in [-0.1, -0.05) is 31.9 Å². The number of benzene rings is 2. The fraction of sp³-hybridized carbons (Fsp3) is 0. The first-order valence-corrected chi connectivity index (χ1v) is 9.51. The Balaban J connectivity index is 2.22. The molecule has 1 aliphatic rings. The highest BCUT2D eigenvalue weighted by Gasteiger charge is 2.32. The van der Waals surface area contributed by atoms with Gasteiger partial charge in [-0.3, -0.25) is 14.2 Å². The standard InChI is InChI=1S/C15H4Br4N2O2/c16-5-1-7-11(9(18)3-5)20-14-13(22)8-2-6(17)4-10(19)12(8)21(14)15(7)23/h1-4H. The predicted octanol–water partition coefficient (Wildman–Crippen LogP) is 4.98. The number of fused-ring (bicyclic) bond motifs is 4. The lowest BCUT2D eigenvalue weighted by Crippen LogP contribution is -2.22. The van der Waals surface area contributed by atoms with Crippen molar-refractivity contribution in [3.8, 4) is 5.69 Å². The number of carbonyl (C=O) groups excluding carboxylic acids is 1. The van der Waals surface area contributed by atoms with E-state index >= 15 is 0 Å². The Bertz CT molecular complexity index is 1110. The van der Waals surface area contributed by atoms with Crippen LogP contribution >= 0.6 is 63.7 Å². The molecule has 0 atom stereocenters. The summed E-state index contributed by atoms with van der Waals surface area (Å²) in [6.07, 6.45) is 0. The van der Waals surface area contributed by atoms with Gasteiger partial charge in [0, 0.05) is 17.9 Å². The van der Waals surface area contributed by atoms with Gasteiger partial charge in [0.15, 0.2) is 5.82 Å². The fourth-order valence-corrected chi connectivity index (χ4v) is 5.38. The van der Waals surface area contributed by atoms with Gasteiger partial charge < -0.3 is 0 Å². The molecule has 0 amide bonds. The van der Waals surface area contributed by atoms with Crippen LogP contribution in [0.1, 0.15) is 16.2 Å². The highest BCUT2D eigenvalue weighted by molar-refractivity contribution is 9.11. The molecule has 4 nitrogen and oxygen atoms in total. The molecule has 0 spiro atoms. The maximum Gasteiger partial charge on any atom is 0.266 e. The molecular weight excluding hydrogens is 560 g/mol.